The molecule has 0 unspecified atom stereocenters. The molecule has 5 nitrogen and oxygen atoms in total. The lowest BCUT2D eigenvalue weighted by Crippen LogP contribution is -2.20. The molecular weight excluding hydrogens is 368 g/mol. The molecule has 120 valence electrons. The fourth-order valence-electron chi connectivity index (χ4n) is 2.79. The Hall–Kier alpha value is -2.60. The summed E-state index contributed by atoms with van der Waals surface area (Å²) in [5.41, 5.74) is 3.20. The minimum atomic E-state index is -0.0440. The Kier molecular flexibility index (Phi) is 3.82. The van der Waals surface area contributed by atoms with Crippen LogP contribution in [-0.2, 0) is 0 Å². The van der Waals surface area contributed by atoms with E-state index in [9.17, 15) is 0 Å². The highest BCUT2D eigenvalue weighted by Gasteiger charge is 2.23. The van der Waals surface area contributed by atoms with Gasteiger partial charge in [0.2, 0.25) is 5.95 Å². The van der Waals surface area contributed by atoms with Gasteiger partial charge in [-0.05, 0) is 41.5 Å². The number of anilines is 1. The first-order chi connectivity index (χ1) is 11.7. The van der Waals surface area contributed by atoms with Crippen LogP contribution >= 0.6 is 15.9 Å². The van der Waals surface area contributed by atoms with Gasteiger partial charge in [-0.25, -0.2) is 4.68 Å². The van der Waals surface area contributed by atoms with E-state index in [2.05, 4.69) is 55.6 Å². The van der Waals surface area contributed by atoms with Gasteiger partial charge < -0.3 is 10.1 Å². The Labute approximate surface area is 148 Å². The van der Waals surface area contributed by atoms with Gasteiger partial charge in [0.25, 0.3) is 0 Å². The van der Waals surface area contributed by atoms with Crippen LogP contribution < -0.4 is 10.1 Å². The molecule has 0 amide bonds. The molecule has 0 saturated carbocycles. The van der Waals surface area contributed by atoms with Crippen molar-refractivity contribution in [3.63, 3.8) is 0 Å². The molecule has 1 aliphatic rings. The van der Waals surface area contributed by atoms with Gasteiger partial charge >= 0.3 is 0 Å². The highest BCUT2D eigenvalue weighted by Crippen LogP contribution is 2.33. The number of nitrogens with one attached hydrogen (secondary N) is 1. The molecule has 3 aromatic rings. The quantitative estimate of drug-likeness (QED) is 0.740. The number of rotatable bonds is 3. The van der Waals surface area contributed by atoms with E-state index in [4.69, 9.17) is 4.74 Å². The molecule has 1 aromatic heterocycles. The lowest BCUT2D eigenvalue weighted by Gasteiger charge is -2.24. The van der Waals surface area contributed by atoms with Crippen LogP contribution in [0.3, 0.4) is 0 Å². The van der Waals surface area contributed by atoms with Crippen LogP contribution in [0.25, 0.3) is 5.70 Å². The Morgan fingerprint density at radius 2 is 2.00 bits per heavy atom. The molecule has 24 heavy (non-hydrogen) atoms. The second kappa shape index (κ2) is 6.13. The topological polar surface area (TPSA) is 52.0 Å². The molecule has 0 bridgehead atoms. The first-order valence-electron chi connectivity index (χ1n) is 7.53. The molecule has 1 N–H and O–H groups in total. The summed E-state index contributed by atoms with van der Waals surface area (Å²) in [5, 5.41) is 7.71. The number of aromatic nitrogens is 3. The van der Waals surface area contributed by atoms with Crippen molar-refractivity contribution in [2.75, 3.05) is 12.4 Å². The van der Waals surface area contributed by atoms with Crippen LogP contribution in [0.1, 0.15) is 17.2 Å². The predicted molar refractivity (Wildman–Crippen MR) is 96.9 cm³/mol. The first-order valence-corrected chi connectivity index (χ1v) is 8.32. The second-order valence-corrected chi connectivity index (χ2v) is 6.38. The van der Waals surface area contributed by atoms with E-state index in [0.29, 0.717) is 0 Å². The molecule has 2 aromatic carbocycles. The molecule has 0 aliphatic carbocycles. The summed E-state index contributed by atoms with van der Waals surface area (Å²) in [5.74, 6) is 1.55. The molecule has 0 saturated heterocycles. The van der Waals surface area contributed by atoms with E-state index in [-0.39, 0.29) is 6.04 Å². The van der Waals surface area contributed by atoms with Gasteiger partial charge in [0.1, 0.15) is 18.1 Å². The number of ether oxygens (including phenoxy) is 1. The summed E-state index contributed by atoms with van der Waals surface area (Å²) in [6.07, 6.45) is 3.72. The Bertz CT molecular complexity index is 901. The Morgan fingerprint density at radius 1 is 1.17 bits per heavy atom. The number of methoxy groups -OCH3 is 1. The molecule has 0 radical (unpaired) electrons. The smallest absolute Gasteiger partial charge is 0.226 e. The number of halogens is 1. The van der Waals surface area contributed by atoms with Crippen LogP contribution in [0.15, 0.2) is 65.4 Å². The number of fused-ring (bicyclic) bond motifs is 1. The summed E-state index contributed by atoms with van der Waals surface area (Å²) in [6.45, 7) is 0. The summed E-state index contributed by atoms with van der Waals surface area (Å²) in [4.78, 5) is 4.33. The fraction of sp³-hybridized carbons (Fsp3) is 0.111. The summed E-state index contributed by atoms with van der Waals surface area (Å²) in [7, 11) is 1.67. The fourth-order valence-corrected chi connectivity index (χ4v) is 3.06. The van der Waals surface area contributed by atoms with Crippen molar-refractivity contribution in [3.05, 3.63) is 76.5 Å². The average molecular weight is 383 g/mol. The molecule has 1 aliphatic heterocycles. The third kappa shape index (κ3) is 2.69. The summed E-state index contributed by atoms with van der Waals surface area (Å²) >= 11 is 3.47. The number of nitrogens with zero attached hydrogens (tertiary/aromatic N) is 3. The van der Waals surface area contributed by atoms with E-state index in [1.54, 1.807) is 13.4 Å². The Balaban J connectivity index is 1.80. The molecule has 4 rings (SSSR count). The molecule has 0 spiro atoms. The lowest BCUT2D eigenvalue weighted by molar-refractivity contribution is 0.413. The first kappa shape index (κ1) is 15.0. The van der Waals surface area contributed by atoms with Crippen molar-refractivity contribution in [2.24, 2.45) is 0 Å². The zero-order valence-electron chi connectivity index (χ0n) is 13.0. The highest BCUT2D eigenvalue weighted by atomic mass is 79.9. The van der Waals surface area contributed by atoms with Gasteiger partial charge in [-0.3, -0.25) is 0 Å². The van der Waals surface area contributed by atoms with Gasteiger partial charge in [-0.2, -0.15) is 10.1 Å². The third-order valence-electron chi connectivity index (χ3n) is 4.00. The molecule has 0 fully saturated rings. The lowest BCUT2D eigenvalue weighted by atomic mass is 10.0. The van der Waals surface area contributed by atoms with Crippen LogP contribution in [0.4, 0.5) is 5.95 Å². The van der Waals surface area contributed by atoms with Gasteiger partial charge in [0, 0.05) is 10.2 Å². The minimum absolute atomic E-state index is 0.0440. The van der Waals surface area contributed by atoms with Gasteiger partial charge in [-0.1, -0.05) is 40.2 Å². The monoisotopic (exact) mass is 382 g/mol. The maximum Gasteiger partial charge on any atom is 0.226 e. The van der Waals surface area contributed by atoms with E-state index in [1.165, 1.54) is 0 Å². The third-order valence-corrected chi connectivity index (χ3v) is 4.53. The Morgan fingerprint density at radius 3 is 2.79 bits per heavy atom. The van der Waals surface area contributed by atoms with Gasteiger partial charge in [-0.15, -0.1) is 0 Å². The highest BCUT2D eigenvalue weighted by molar-refractivity contribution is 9.10. The zero-order chi connectivity index (χ0) is 16.5. The molecule has 1 atom stereocenters. The maximum absolute atomic E-state index is 5.35. The van der Waals surface area contributed by atoms with Crippen LogP contribution in [0, 0.1) is 0 Å². The van der Waals surface area contributed by atoms with Crippen LogP contribution in [-0.4, -0.2) is 21.9 Å². The molecule has 6 heteroatoms. The molecular formula is C18H15BrN4O. The van der Waals surface area contributed by atoms with Crippen molar-refractivity contribution in [2.45, 2.75) is 6.04 Å². The van der Waals surface area contributed by atoms with Crippen molar-refractivity contribution in [1.29, 1.82) is 0 Å². The van der Waals surface area contributed by atoms with Crippen molar-refractivity contribution < 1.29 is 4.74 Å². The zero-order valence-corrected chi connectivity index (χ0v) is 14.6. The number of allylic oxidation sites excluding steroid dienone is 1. The number of hydrogen-bond donors (Lipinski definition) is 1. The SMILES string of the molecule is COc1cccc([C@@H]2C=C(c3ccc(Br)cc3)Nc3ncnn32)c1. The maximum atomic E-state index is 5.35. The number of hydrogen-bond acceptors (Lipinski definition) is 4. The number of benzene rings is 2. The van der Waals surface area contributed by atoms with Gasteiger partial charge in [0.15, 0.2) is 0 Å². The summed E-state index contributed by atoms with van der Waals surface area (Å²) < 4.78 is 8.28. The average Bonchev–Trinajstić information content (AvgIpc) is 3.10. The van der Waals surface area contributed by atoms with E-state index < -0.39 is 0 Å². The van der Waals surface area contributed by atoms with E-state index in [1.807, 2.05) is 35.0 Å². The van der Waals surface area contributed by atoms with Gasteiger partial charge in [0.05, 0.1) is 7.11 Å². The normalized spacial score (nSPS) is 16.1. The second-order valence-electron chi connectivity index (χ2n) is 5.46. The van der Waals surface area contributed by atoms with Crippen molar-refractivity contribution >= 4 is 27.6 Å². The standard InChI is InChI=1S/C18H15BrN4O/c1-24-15-4-2-3-13(9-15)17-10-16(12-5-7-14(19)8-6-12)22-18-20-11-21-23(17)18/h2-11,17H,1H3,(H,20,21,22)/t17-/m0/s1. The van der Waals surface area contributed by atoms with Crippen LogP contribution in [0.5, 0.6) is 5.75 Å². The van der Waals surface area contributed by atoms with Crippen LogP contribution in [0.2, 0.25) is 0 Å². The van der Waals surface area contributed by atoms with Crippen molar-refractivity contribution in [3.8, 4) is 5.75 Å². The molecule has 2 heterocycles. The van der Waals surface area contributed by atoms with E-state index in [0.717, 1.165) is 33.0 Å². The minimum Gasteiger partial charge on any atom is -0.497 e. The largest absolute Gasteiger partial charge is 0.497 e. The van der Waals surface area contributed by atoms with Crippen molar-refractivity contribution in [1.82, 2.24) is 14.8 Å². The summed E-state index contributed by atoms with van der Waals surface area (Å²) in [6, 6.07) is 16.2. The predicted octanol–water partition coefficient (Wildman–Crippen LogP) is 4.11. The van der Waals surface area contributed by atoms with E-state index >= 15 is 0 Å².